The number of furan rings is 1. The molecule has 4 aromatic heterocycles. The zero-order valence-corrected chi connectivity index (χ0v) is 22.0. The van der Waals surface area contributed by atoms with Crippen molar-refractivity contribution in [1.82, 2.24) is 24.9 Å². The van der Waals surface area contributed by atoms with E-state index in [4.69, 9.17) is 19.4 Å². The van der Waals surface area contributed by atoms with Gasteiger partial charge in [-0.1, -0.05) is 50.2 Å². The fourth-order valence-electron chi connectivity index (χ4n) is 5.83. The minimum atomic E-state index is -0.0926. The van der Waals surface area contributed by atoms with Crippen molar-refractivity contribution < 1.29 is 4.42 Å². The van der Waals surface area contributed by atoms with Crippen molar-refractivity contribution in [3.8, 4) is 45.6 Å². The Bertz CT molecular complexity index is 2020. The highest BCUT2D eigenvalue weighted by Gasteiger charge is 2.36. The highest BCUT2D eigenvalue weighted by atomic mass is 16.3. The van der Waals surface area contributed by atoms with Crippen molar-refractivity contribution in [2.24, 2.45) is 0 Å². The molecule has 6 nitrogen and oxygen atoms in total. The van der Waals surface area contributed by atoms with Crippen LogP contribution in [-0.2, 0) is 5.41 Å². The molecule has 1 aliphatic rings. The zero-order chi connectivity index (χ0) is 26.8. The van der Waals surface area contributed by atoms with Crippen LogP contribution in [0.1, 0.15) is 25.0 Å². The molecule has 0 saturated heterocycles. The Balaban J connectivity index is 1.33. The minimum Gasteiger partial charge on any atom is -0.456 e. The molecule has 40 heavy (non-hydrogen) atoms. The van der Waals surface area contributed by atoms with Crippen molar-refractivity contribution in [3.05, 3.63) is 115 Å². The summed E-state index contributed by atoms with van der Waals surface area (Å²) < 4.78 is 6.36. The van der Waals surface area contributed by atoms with Crippen LogP contribution in [0.25, 0.3) is 67.5 Å². The lowest BCUT2D eigenvalue weighted by molar-refractivity contribution is 0.658. The second-order valence-electron chi connectivity index (χ2n) is 10.6. The molecule has 0 aliphatic heterocycles. The van der Waals surface area contributed by atoms with E-state index in [-0.39, 0.29) is 5.41 Å². The second kappa shape index (κ2) is 8.38. The van der Waals surface area contributed by atoms with Crippen molar-refractivity contribution >= 4 is 21.9 Å². The average molecular weight is 518 g/mol. The van der Waals surface area contributed by atoms with E-state index in [0.29, 0.717) is 28.9 Å². The molecule has 7 aromatic rings. The number of hydrogen-bond donors (Lipinski definition) is 0. The first-order chi connectivity index (χ1) is 19.6. The molecule has 1 aliphatic carbocycles. The Morgan fingerprint density at radius 1 is 0.550 bits per heavy atom. The van der Waals surface area contributed by atoms with Crippen LogP contribution in [0.2, 0.25) is 0 Å². The minimum absolute atomic E-state index is 0.0926. The van der Waals surface area contributed by atoms with Gasteiger partial charge in [-0.3, -0.25) is 9.97 Å². The topological polar surface area (TPSA) is 77.6 Å². The van der Waals surface area contributed by atoms with E-state index in [2.05, 4.69) is 66.3 Å². The largest absolute Gasteiger partial charge is 0.456 e. The van der Waals surface area contributed by atoms with Gasteiger partial charge in [0.2, 0.25) is 0 Å². The van der Waals surface area contributed by atoms with Gasteiger partial charge in [-0.15, -0.1) is 0 Å². The summed E-state index contributed by atoms with van der Waals surface area (Å²) in [5, 5.41) is 2.11. The standard InChI is InChI=1S/C34H23N5O/c1-34(2)25-10-4-3-9-21(25)22-19-30-24(18-26(22)34)23-17-20(13-14-29(23)40-30)31-37-32(27-11-5-7-15-35-27)39-33(38-31)28-12-6-8-16-36-28/h3-19H,1-2H3. The lowest BCUT2D eigenvalue weighted by Gasteiger charge is -2.21. The van der Waals surface area contributed by atoms with Gasteiger partial charge >= 0.3 is 0 Å². The third-order valence-electron chi connectivity index (χ3n) is 7.85. The van der Waals surface area contributed by atoms with Crippen LogP contribution in [0.15, 0.2) is 108 Å². The van der Waals surface area contributed by atoms with Gasteiger partial charge in [0, 0.05) is 34.1 Å². The number of rotatable bonds is 3. The Morgan fingerprint density at radius 3 is 1.90 bits per heavy atom. The summed E-state index contributed by atoms with van der Waals surface area (Å²) in [5.41, 5.74) is 9.01. The quantitative estimate of drug-likeness (QED) is 0.237. The molecule has 3 aromatic carbocycles. The van der Waals surface area contributed by atoms with E-state index in [0.717, 1.165) is 27.5 Å². The summed E-state index contributed by atoms with van der Waals surface area (Å²) in [5.74, 6) is 1.56. The third kappa shape index (κ3) is 3.39. The fraction of sp³-hybridized carbons (Fsp3) is 0.0882. The van der Waals surface area contributed by atoms with Crippen LogP contribution in [0.4, 0.5) is 0 Å². The maximum absolute atomic E-state index is 6.36. The van der Waals surface area contributed by atoms with E-state index >= 15 is 0 Å². The summed E-state index contributed by atoms with van der Waals surface area (Å²) in [7, 11) is 0. The molecule has 0 amide bonds. The smallest absolute Gasteiger partial charge is 0.182 e. The van der Waals surface area contributed by atoms with E-state index in [1.54, 1.807) is 12.4 Å². The van der Waals surface area contributed by atoms with Gasteiger partial charge in [-0.05, 0) is 76.9 Å². The lowest BCUT2D eigenvalue weighted by atomic mass is 9.82. The highest BCUT2D eigenvalue weighted by Crippen LogP contribution is 2.50. The summed E-state index contributed by atoms with van der Waals surface area (Å²) in [6.45, 7) is 4.58. The first kappa shape index (κ1) is 22.7. The second-order valence-corrected chi connectivity index (χ2v) is 10.6. The monoisotopic (exact) mass is 517 g/mol. The van der Waals surface area contributed by atoms with E-state index < -0.39 is 0 Å². The SMILES string of the molecule is CC1(C)c2ccccc2-c2cc3oc4ccc(-c5nc(-c6ccccn6)nc(-c6ccccn6)n5)cc4c3cc21. The van der Waals surface area contributed by atoms with E-state index in [1.165, 1.54) is 22.3 Å². The van der Waals surface area contributed by atoms with Crippen LogP contribution in [0.3, 0.4) is 0 Å². The summed E-state index contributed by atoms with van der Waals surface area (Å²) >= 11 is 0. The molecule has 0 unspecified atom stereocenters. The van der Waals surface area contributed by atoms with Crippen LogP contribution in [0.5, 0.6) is 0 Å². The van der Waals surface area contributed by atoms with Gasteiger partial charge in [-0.2, -0.15) is 0 Å². The predicted octanol–water partition coefficient (Wildman–Crippen LogP) is 7.87. The fourth-order valence-corrected chi connectivity index (χ4v) is 5.83. The van der Waals surface area contributed by atoms with E-state index in [9.17, 15) is 0 Å². The molecule has 4 heterocycles. The number of pyridine rings is 2. The van der Waals surface area contributed by atoms with Crippen LogP contribution in [-0.4, -0.2) is 24.9 Å². The normalized spacial score (nSPS) is 13.4. The average Bonchev–Trinajstić information content (AvgIpc) is 3.48. The molecule has 0 radical (unpaired) electrons. The number of aromatic nitrogens is 5. The van der Waals surface area contributed by atoms with Crippen molar-refractivity contribution in [2.45, 2.75) is 19.3 Å². The van der Waals surface area contributed by atoms with Gasteiger partial charge in [0.05, 0.1) is 0 Å². The molecule has 0 atom stereocenters. The van der Waals surface area contributed by atoms with Gasteiger partial charge in [0.25, 0.3) is 0 Å². The predicted molar refractivity (Wildman–Crippen MR) is 157 cm³/mol. The zero-order valence-electron chi connectivity index (χ0n) is 22.0. The van der Waals surface area contributed by atoms with Gasteiger partial charge in [-0.25, -0.2) is 15.0 Å². The maximum Gasteiger partial charge on any atom is 0.182 e. The molecular formula is C34H23N5O. The van der Waals surface area contributed by atoms with Crippen molar-refractivity contribution in [3.63, 3.8) is 0 Å². The summed E-state index contributed by atoms with van der Waals surface area (Å²) in [6, 6.07) is 30.6. The molecule has 0 N–H and O–H groups in total. The molecular weight excluding hydrogens is 494 g/mol. The van der Waals surface area contributed by atoms with Crippen LogP contribution >= 0.6 is 0 Å². The van der Waals surface area contributed by atoms with Crippen LogP contribution < -0.4 is 0 Å². The Kier molecular flexibility index (Phi) is 4.76. The molecule has 0 spiro atoms. The summed E-state index contributed by atoms with van der Waals surface area (Å²) in [6.07, 6.45) is 3.47. The van der Waals surface area contributed by atoms with Gasteiger partial charge < -0.3 is 4.42 Å². The molecule has 0 fully saturated rings. The molecule has 0 bridgehead atoms. The van der Waals surface area contributed by atoms with E-state index in [1.807, 2.05) is 48.5 Å². The summed E-state index contributed by atoms with van der Waals surface area (Å²) in [4.78, 5) is 23.3. The first-order valence-electron chi connectivity index (χ1n) is 13.3. The number of nitrogens with zero attached hydrogens (tertiary/aromatic N) is 5. The number of benzene rings is 3. The molecule has 190 valence electrons. The molecule has 6 heteroatoms. The third-order valence-corrected chi connectivity index (χ3v) is 7.85. The Morgan fingerprint density at radius 2 is 1.20 bits per heavy atom. The van der Waals surface area contributed by atoms with Gasteiger partial charge in [0.1, 0.15) is 22.6 Å². The maximum atomic E-state index is 6.36. The number of fused-ring (bicyclic) bond motifs is 6. The van der Waals surface area contributed by atoms with Crippen molar-refractivity contribution in [1.29, 1.82) is 0 Å². The van der Waals surface area contributed by atoms with Gasteiger partial charge in [0.15, 0.2) is 17.5 Å². The number of hydrogen-bond acceptors (Lipinski definition) is 6. The Labute approximate surface area is 230 Å². The highest BCUT2D eigenvalue weighted by molar-refractivity contribution is 6.08. The molecule has 0 saturated carbocycles. The first-order valence-corrected chi connectivity index (χ1v) is 13.3. The molecule has 8 rings (SSSR count). The van der Waals surface area contributed by atoms with Crippen LogP contribution in [0, 0.1) is 0 Å². The van der Waals surface area contributed by atoms with Crippen molar-refractivity contribution in [2.75, 3.05) is 0 Å². The Hall–Kier alpha value is -5.23. The lowest BCUT2D eigenvalue weighted by Crippen LogP contribution is -2.14.